The summed E-state index contributed by atoms with van der Waals surface area (Å²) in [5, 5.41) is 15.9. The summed E-state index contributed by atoms with van der Waals surface area (Å²) >= 11 is 2.52. The molecule has 2 aromatic rings. The SMILES string of the molecule is CCOC(=O)CSc1ccc(C(=O)NCc2cccs2)cc1[N+](=O)[O-]. The number of ether oxygens (including phenoxy) is 1. The standard InChI is InChI=1S/C16H16N2O5S2/c1-2-23-15(19)10-25-14-6-5-11(8-13(14)18(21)22)16(20)17-9-12-4-3-7-24-12/h3-8H,2,9-10H2,1H3,(H,17,20). The van der Waals surface area contributed by atoms with Gasteiger partial charge >= 0.3 is 5.97 Å². The van der Waals surface area contributed by atoms with Gasteiger partial charge in [0.2, 0.25) is 0 Å². The Morgan fingerprint density at radius 1 is 1.36 bits per heavy atom. The first-order valence-electron chi connectivity index (χ1n) is 7.38. The van der Waals surface area contributed by atoms with Crippen molar-refractivity contribution in [1.82, 2.24) is 5.32 Å². The molecule has 1 amide bonds. The highest BCUT2D eigenvalue weighted by molar-refractivity contribution is 8.00. The first-order chi connectivity index (χ1) is 12.0. The molecule has 0 saturated carbocycles. The number of benzene rings is 1. The smallest absolute Gasteiger partial charge is 0.316 e. The predicted molar refractivity (Wildman–Crippen MR) is 95.9 cm³/mol. The van der Waals surface area contributed by atoms with Gasteiger partial charge in [-0.1, -0.05) is 6.07 Å². The second-order valence-electron chi connectivity index (χ2n) is 4.80. The normalized spacial score (nSPS) is 10.3. The fraction of sp³-hybridized carbons (Fsp3) is 0.250. The van der Waals surface area contributed by atoms with Crippen LogP contribution in [-0.4, -0.2) is 29.2 Å². The highest BCUT2D eigenvalue weighted by Crippen LogP contribution is 2.30. The Morgan fingerprint density at radius 2 is 2.16 bits per heavy atom. The van der Waals surface area contributed by atoms with Gasteiger partial charge in [-0.15, -0.1) is 23.1 Å². The largest absolute Gasteiger partial charge is 0.465 e. The third kappa shape index (κ3) is 5.57. The summed E-state index contributed by atoms with van der Waals surface area (Å²) in [4.78, 5) is 35.6. The summed E-state index contributed by atoms with van der Waals surface area (Å²) in [5.41, 5.74) is -0.0122. The molecule has 7 nitrogen and oxygen atoms in total. The van der Waals surface area contributed by atoms with E-state index in [0.717, 1.165) is 16.6 Å². The number of thioether (sulfide) groups is 1. The van der Waals surface area contributed by atoms with Crippen LogP contribution >= 0.6 is 23.1 Å². The van der Waals surface area contributed by atoms with E-state index in [4.69, 9.17) is 4.74 Å². The number of hydrogen-bond donors (Lipinski definition) is 1. The number of carbonyl (C=O) groups excluding carboxylic acids is 2. The van der Waals surface area contributed by atoms with Crippen molar-refractivity contribution >= 4 is 40.7 Å². The van der Waals surface area contributed by atoms with Gasteiger partial charge in [0.25, 0.3) is 11.6 Å². The molecule has 0 spiro atoms. The molecule has 0 saturated heterocycles. The van der Waals surface area contributed by atoms with E-state index >= 15 is 0 Å². The zero-order valence-electron chi connectivity index (χ0n) is 13.4. The van der Waals surface area contributed by atoms with Gasteiger partial charge in [-0.25, -0.2) is 0 Å². The monoisotopic (exact) mass is 380 g/mol. The summed E-state index contributed by atoms with van der Waals surface area (Å²) in [6.07, 6.45) is 0. The number of nitrogens with one attached hydrogen (secondary N) is 1. The van der Waals surface area contributed by atoms with Gasteiger partial charge in [-0.3, -0.25) is 19.7 Å². The maximum atomic E-state index is 12.2. The Bertz CT molecular complexity index is 762. The molecular weight excluding hydrogens is 364 g/mol. The van der Waals surface area contributed by atoms with Crippen LogP contribution in [0.15, 0.2) is 40.6 Å². The van der Waals surface area contributed by atoms with Gasteiger partial charge in [-0.2, -0.15) is 0 Å². The minimum Gasteiger partial charge on any atom is -0.465 e. The molecule has 0 aliphatic rings. The Morgan fingerprint density at radius 3 is 2.80 bits per heavy atom. The summed E-state index contributed by atoms with van der Waals surface area (Å²) in [6, 6.07) is 7.97. The molecule has 0 aliphatic heterocycles. The lowest BCUT2D eigenvalue weighted by molar-refractivity contribution is -0.387. The second-order valence-corrected chi connectivity index (χ2v) is 6.84. The average molecular weight is 380 g/mol. The topological polar surface area (TPSA) is 98.5 Å². The molecule has 0 bridgehead atoms. The fourth-order valence-corrected chi connectivity index (χ4v) is 3.39. The molecule has 0 fully saturated rings. The Kier molecular flexibility index (Phi) is 6.96. The van der Waals surface area contributed by atoms with Crippen LogP contribution in [0.25, 0.3) is 0 Å². The molecule has 1 N–H and O–H groups in total. The first-order valence-corrected chi connectivity index (χ1v) is 9.25. The average Bonchev–Trinajstić information content (AvgIpc) is 3.11. The quantitative estimate of drug-likeness (QED) is 0.327. The first kappa shape index (κ1) is 18.9. The molecule has 1 heterocycles. The number of nitro groups is 1. The van der Waals surface area contributed by atoms with Crippen LogP contribution < -0.4 is 5.32 Å². The zero-order valence-corrected chi connectivity index (χ0v) is 15.0. The molecule has 0 atom stereocenters. The van der Waals surface area contributed by atoms with Crippen molar-refractivity contribution in [3.63, 3.8) is 0 Å². The van der Waals surface area contributed by atoms with E-state index in [2.05, 4.69) is 5.32 Å². The number of amides is 1. The lowest BCUT2D eigenvalue weighted by Crippen LogP contribution is -2.22. The highest BCUT2D eigenvalue weighted by atomic mass is 32.2. The molecule has 25 heavy (non-hydrogen) atoms. The van der Waals surface area contributed by atoms with E-state index in [-0.39, 0.29) is 23.6 Å². The summed E-state index contributed by atoms with van der Waals surface area (Å²) in [5.74, 6) is -0.864. The van der Waals surface area contributed by atoms with Crippen LogP contribution in [0.2, 0.25) is 0 Å². The van der Waals surface area contributed by atoms with Crippen molar-refractivity contribution in [1.29, 1.82) is 0 Å². The van der Waals surface area contributed by atoms with Crippen molar-refractivity contribution < 1.29 is 19.2 Å². The number of nitrogens with zero attached hydrogens (tertiary/aromatic N) is 1. The van der Waals surface area contributed by atoms with Crippen LogP contribution in [0, 0.1) is 10.1 Å². The van der Waals surface area contributed by atoms with Gasteiger partial charge in [0.05, 0.1) is 28.7 Å². The number of rotatable bonds is 8. The number of carbonyl (C=O) groups is 2. The van der Waals surface area contributed by atoms with E-state index < -0.39 is 16.8 Å². The molecule has 2 rings (SSSR count). The molecule has 1 aromatic heterocycles. The highest BCUT2D eigenvalue weighted by Gasteiger charge is 2.19. The number of thiophene rings is 1. The zero-order chi connectivity index (χ0) is 18.2. The van der Waals surface area contributed by atoms with E-state index in [1.807, 2.05) is 17.5 Å². The minimum atomic E-state index is -0.566. The second kappa shape index (κ2) is 9.19. The van der Waals surface area contributed by atoms with Gasteiger partial charge in [0.15, 0.2) is 0 Å². The summed E-state index contributed by atoms with van der Waals surface area (Å²) in [6.45, 7) is 2.31. The minimum absolute atomic E-state index is 0.0292. The van der Waals surface area contributed by atoms with Crippen LogP contribution in [0.5, 0.6) is 0 Å². The van der Waals surface area contributed by atoms with Crippen LogP contribution in [0.4, 0.5) is 5.69 Å². The van der Waals surface area contributed by atoms with E-state index in [1.165, 1.54) is 29.5 Å². The molecular formula is C16H16N2O5S2. The Hall–Kier alpha value is -2.39. The molecule has 132 valence electrons. The van der Waals surface area contributed by atoms with Crippen molar-refractivity contribution in [2.24, 2.45) is 0 Å². The molecule has 0 radical (unpaired) electrons. The summed E-state index contributed by atoms with van der Waals surface area (Å²) < 4.78 is 4.80. The van der Waals surface area contributed by atoms with Crippen molar-refractivity contribution in [2.45, 2.75) is 18.4 Å². The molecule has 9 heteroatoms. The van der Waals surface area contributed by atoms with Gasteiger partial charge in [0, 0.05) is 16.5 Å². The molecule has 1 aromatic carbocycles. The van der Waals surface area contributed by atoms with Gasteiger partial charge < -0.3 is 10.1 Å². The maximum Gasteiger partial charge on any atom is 0.316 e. The van der Waals surface area contributed by atoms with Gasteiger partial charge in [-0.05, 0) is 30.5 Å². The predicted octanol–water partition coefficient (Wildman–Crippen LogP) is 3.24. The Labute approximate surface area is 152 Å². The van der Waals surface area contributed by atoms with E-state index in [1.54, 1.807) is 6.92 Å². The number of esters is 1. The lowest BCUT2D eigenvalue weighted by Gasteiger charge is -2.07. The van der Waals surface area contributed by atoms with Gasteiger partial charge in [0.1, 0.15) is 0 Å². The molecule has 0 unspecified atom stereocenters. The lowest BCUT2D eigenvalue weighted by atomic mass is 10.2. The van der Waals surface area contributed by atoms with Crippen LogP contribution in [-0.2, 0) is 16.1 Å². The molecule has 0 aliphatic carbocycles. The number of nitro benzene ring substituents is 1. The Balaban J connectivity index is 2.07. The van der Waals surface area contributed by atoms with Crippen molar-refractivity contribution in [2.75, 3.05) is 12.4 Å². The van der Waals surface area contributed by atoms with Crippen LogP contribution in [0.3, 0.4) is 0 Å². The third-order valence-corrected chi connectivity index (χ3v) is 4.98. The van der Waals surface area contributed by atoms with E-state index in [0.29, 0.717) is 11.4 Å². The maximum absolute atomic E-state index is 12.2. The van der Waals surface area contributed by atoms with Crippen molar-refractivity contribution in [3.05, 3.63) is 56.3 Å². The summed E-state index contributed by atoms with van der Waals surface area (Å²) in [7, 11) is 0. The van der Waals surface area contributed by atoms with E-state index in [9.17, 15) is 19.7 Å². The van der Waals surface area contributed by atoms with Crippen molar-refractivity contribution in [3.8, 4) is 0 Å². The number of hydrogen-bond acceptors (Lipinski definition) is 7. The fourth-order valence-electron chi connectivity index (χ4n) is 1.95. The van der Waals surface area contributed by atoms with Crippen LogP contribution in [0.1, 0.15) is 22.2 Å². The third-order valence-electron chi connectivity index (χ3n) is 3.07.